The molecular formula is C18H28N2O2. The summed E-state index contributed by atoms with van der Waals surface area (Å²) in [7, 11) is 0. The van der Waals surface area contributed by atoms with Crippen molar-refractivity contribution < 1.29 is 9.47 Å². The molecule has 0 saturated carbocycles. The van der Waals surface area contributed by atoms with Crippen molar-refractivity contribution >= 4 is 5.69 Å². The highest BCUT2D eigenvalue weighted by molar-refractivity contribution is 5.48. The van der Waals surface area contributed by atoms with E-state index in [4.69, 9.17) is 9.47 Å². The largest absolute Gasteiger partial charge is 0.379 e. The third-order valence-corrected chi connectivity index (χ3v) is 4.82. The van der Waals surface area contributed by atoms with Crippen molar-refractivity contribution in [2.75, 3.05) is 57.5 Å². The molecular weight excluding hydrogens is 276 g/mol. The van der Waals surface area contributed by atoms with Crippen LogP contribution < -0.4 is 4.90 Å². The molecule has 0 bridgehead atoms. The first-order chi connectivity index (χ1) is 10.6. The molecule has 0 radical (unpaired) electrons. The minimum atomic E-state index is 0.185. The van der Waals surface area contributed by atoms with Crippen LogP contribution in [-0.4, -0.2) is 63.0 Å². The number of nitrogens with zero attached hydrogens (tertiary/aromatic N) is 2. The quantitative estimate of drug-likeness (QED) is 0.851. The molecule has 22 heavy (non-hydrogen) atoms. The van der Waals surface area contributed by atoms with E-state index in [2.05, 4.69) is 47.9 Å². The van der Waals surface area contributed by atoms with Gasteiger partial charge in [0.15, 0.2) is 0 Å². The number of hydrogen-bond donors (Lipinski definition) is 0. The van der Waals surface area contributed by atoms with E-state index in [1.54, 1.807) is 0 Å². The average Bonchev–Trinajstić information content (AvgIpc) is 2.57. The summed E-state index contributed by atoms with van der Waals surface area (Å²) in [4.78, 5) is 4.95. The zero-order chi connectivity index (χ0) is 15.4. The Morgan fingerprint density at radius 2 is 1.41 bits per heavy atom. The number of rotatable bonds is 4. The number of benzene rings is 1. The standard InChI is InChI=1S/C18H28N2O2/c1-18(2,20-9-13-22-14-10-20)15-16-3-5-17(6-4-16)19-7-11-21-12-8-19/h3-6H,7-15H2,1-2H3. The molecule has 2 aliphatic rings. The first-order valence-electron chi connectivity index (χ1n) is 8.40. The van der Waals surface area contributed by atoms with Gasteiger partial charge in [0.2, 0.25) is 0 Å². The fourth-order valence-electron chi connectivity index (χ4n) is 3.43. The van der Waals surface area contributed by atoms with Crippen molar-refractivity contribution in [3.8, 4) is 0 Å². The van der Waals surface area contributed by atoms with Crippen molar-refractivity contribution in [3.05, 3.63) is 29.8 Å². The molecule has 1 aromatic carbocycles. The fraction of sp³-hybridized carbons (Fsp3) is 0.667. The van der Waals surface area contributed by atoms with Crippen molar-refractivity contribution in [3.63, 3.8) is 0 Å². The van der Waals surface area contributed by atoms with E-state index in [0.29, 0.717) is 0 Å². The van der Waals surface area contributed by atoms with Crippen LogP contribution in [0, 0.1) is 0 Å². The monoisotopic (exact) mass is 304 g/mol. The van der Waals surface area contributed by atoms with Gasteiger partial charge in [-0.25, -0.2) is 0 Å². The lowest BCUT2D eigenvalue weighted by Gasteiger charge is -2.41. The summed E-state index contributed by atoms with van der Waals surface area (Å²) in [5.74, 6) is 0. The normalized spacial score (nSPS) is 21.1. The molecule has 1 aromatic rings. The zero-order valence-corrected chi connectivity index (χ0v) is 13.9. The molecule has 2 fully saturated rings. The summed E-state index contributed by atoms with van der Waals surface area (Å²) in [5, 5.41) is 0. The maximum atomic E-state index is 5.47. The summed E-state index contributed by atoms with van der Waals surface area (Å²) in [5.41, 5.74) is 2.91. The molecule has 0 aromatic heterocycles. The van der Waals surface area contributed by atoms with Gasteiger partial charge in [0.05, 0.1) is 26.4 Å². The topological polar surface area (TPSA) is 24.9 Å². The van der Waals surface area contributed by atoms with Gasteiger partial charge >= 0.3 is 0 Å². The Bertz CT molecular complexity index is 460. The van der Waals surface area contributed by atoms with Gasteiger partial charge in [-0.15, -0.1) is 0 Å². The highest BCUT2D eigenvalue weighted by atomic mass is 16.5. The van der Waals surface area contributed by atoms with Gasteiger partial charge < -0.3 is 14.4 Å². The molecule has 0 N–H and O–H groups in total. The van der Waals surface area contributed by atoms with E-state index in [1.807, 2.05) is 0 Å². The summed E-state index contributed by atoms with van der Waals surface area (Å²) in [6.45, 7) is 12.2. The van der Waals surface area contributed by atoms with Crippen molar-refractivity contribution in [1.82, 2.24) is 4.90 Å². The minimum Gasteiger partial charge on any atom is -0.379 e. The van der Waals surface area contributed by atoms with Crippen LogP contribution >= 0.6 is 0 Å². The lowest BCUT2D eigenvalue weighted by molar-refractivity contribution is -0.00984. The molecule has 4 heteroatoms. The van der Waals surface area contributed by atoms with Crippen LogP contribution in [0.2, 0.25) is 0 Å². The summed E-state index contributed by atoms with van der Waals surface area (Å²) in [6, 6.07) is 9.09. The third kappa shape index (κ3) is 3.80. The molecule has 0 spiro atoms. The van der Waals surface area contributed by atoms with Crippen LogP contribution in [0.1, 0.15) is 19.4 Å². The number of ether oxygens (including phenoxy) is 2. The van der Waals surface area contributed by atoms with E-state index in [1.165, 1.54) is 11.3 Å². The van der Waals surface area contributed by atoms with Gasteiger partial charge in [-0.2, -0.15) is 0 Å². The van der Waals surface area contributed by atoms with Crippen molar-refractivity contribution in [2.45, 2.75) is 25.8 Å². The van der Waals surface area contributed by atoms with Crippen molar-refractivity contribution in [1.29, 1.82) is 0 Å². The summed E-state index contributed by atoms with van der Waals surface area (Å²) in [6.07, 6.45) is 1.08. The summed E-state index contributed by atoms with van der Waals surface area (Å²) < 4.78 is 10.9. The van der Waals surface area contributed by atoms with Crippen LogP contribution in [0.4, 0.5) is 5.69 Å². The van der Waals surface area contributed by atoms with Gasteiger partial charge in [0, 0.05) is 37.4 Å². The van der Waals surface area contributed by atoms with Gasteiger partial charge in [-0.3, -0.25) is 4.90 Å². The number of hydrogen-bond acceptors (Lipinski definition) is 4. The van der Waals surface area contributed by atoms with Crippen LogP contribution in [0.3, 0.4) is 0 Å². The maximum absolute atomic E-state index is 5.47. The van der Waals surface area contributed by atoms with Crippen LogP contribution in [0.25, 0.3) is 0 Å². The first-order valence-corrected chi connectivity index (χ1v) is 8.40. The Morgan fingerprint density at radius 1 is 0.864 bits per heavy atom. The molecule has 0 atom stereocenters. The van der Waals surface area contributed by atoms with Crippen LogP contribution in [0.5, 0.6) is 0 Å². The SMILES string of the molecule is CC(C)(Cc1ccc(N2CCOCC2)cc1)N1CCOCC1. The zero-order valence-electron chi connectivity index (χ0n) is 13.9. The van der Waals surface area contributed by atoms with E-state index >= 15 is 0 Å². The Labute approximate surface area is 134 Å². The second-order valence-corrected chi connectivity index (χ2v) is 6.85. The van der Waals surface area contributed by atoms with Gasteiger partial charge in [0.1, 0.15) is 0 Å². The van der Waals surface area contributed by atoms with E-state index in [0.717, 1.165) is 59.0 Å². The molecule has 122 valence electrons. The molecule has 0 aliphatic carbocycles. The maximum Gasteiger partial charge on any atom is 0.0642 e. The van der Waals surface area contributed by atoms with Crippen LogP contribution in [0.15, 0.2) is 24.3 Å². The second-order valence-electron chi connectivity index (χ2n) is 6.85. The number of morpholine rings is 2. The Hall–Kier alpha value is -1.10. The minimum absolute atomic E-state index is 0.185. The van der Waals surface area contributed by atoms with E-state index in [-0.39, 0.29) is 5.54 Å². The molecule has 0 unspecified atom stereocenters. The van der Waals surface area contributed by atoms with Crippen LogP contribution in [-0.2, 0) is 15.9 Å². The molecule has 4 nitrogen and oxygen atoms in total. The Morgan fingerprint density at radius 3 is 2.00 bits per heavy atom. The lowest BCUT2D eigenvalue weighted by atomic mass is 9.92. The fourth-order valence-corrected chi connectivity index (χ4v) is 3.43. The van der Waals surface area contributed by atoms with E-state index < -0.39 is 0 Å². The smallest absolute Gasteiger partial charge is 0.0642 e. The van der Waals surface area contributed by atoms with Gasteiger partial charge in [-0.05, 0) is 38.0 Å². The average molecular weight is 304 g/mol. The highest BCUT2D eigenvalue weighted by Crippen LogP contribution is 2.24. The predicted molar refractivity (Wildman–Crippen MR) is 89.6 cm³/mol. The summed E-state index contributed by atoms with van der Waals surface area (Å²) >= 11 is 0. The molecule has 2 aliphatic heterocycles. The molecule has 2 heterocycles. The first kappa shape index (κ1) is 15.8. The molecule has 2 saturated heterocycles. The van der Waals surface area contributed by atoms with Gasteiger partial charge in [0.25, 0.3) is 0 Å². The Balaban J connectivity index is 1.62. The predicted octanol–water partition coefficient (Wildman–Crippen LogP) is 2.18. The Kier molecular flexibility index (Phi) is 5.01. The molecule has 0 amide bonds. The van der Waals surface area contributed by atoms with Crippen molar-refractivity contribution in [2.24, 2.45) is 0 Å². The second kappa shape index (κ2) is 6.99. The highest BCUT2D eigenvalue weighted by Gasteiger charge is 2.28. The van der Waals surface area contributed by atoms with E-state index in [9.17, 15) is 0 Å². The lowest BCUT2D eigenvalue weighted by Crippen LogP contribution is -2.51. The third-order valence-electron chi connectivity index (χ3n) is 4.82. The molecule has 3 rings (SSSR count). The van der Waals surface area contributed by atoms with Gasteiger partial charge in [-0.1, -0.05) is 12.1 Å². The number of anilines is 1.